The second kappa shape index (κ2) is 5.90. The highest BCUT2D eigenvalue weighted by molar-refractivity contribution is 7.89. The smallest absolute Gasteiger partial charge is 0.238 e. The molecule has 0 radical (unpaired) electrons. The van der Waals surface area contributed by atoms with Crippen molar-refractivity contribution in [2.24, 2.45) is 11.1 Å². The topological polar surface area (TPSA) is 84.2 Å². The standard InChI is InChI=1S/C13H21N3O2S/c1-10(11-3-2-8-15-9-11)16-12-4-6-13(7-5-12)19(14,17)18/h4-7,10-11,15-16H,2-3,8-9H2,1H3,(H2,14,17,18). The lowest BCUT2D eigenvalue weighted by Crippen LogP contribution is -2.38. The first-order valence-electron chi connectivity index (χ1n) is 6.57. The van der Waals surface area contributed by atoms with E-state index in [0.717, 1.165) is 18.8 Å². The molecule has 0 bridgehead atoms. The average molecular weight is 283 g/mol. The summed E-state index contributed by atoms with van der Waals surface area (Å²) >= 11 is 0. The van der Waals surface area contributed by atoms with E-state index in [1.54, 1.807) is 12.1 Å². The Kier molecular flexibility index (Phi) is 4.44. The fourth-order valence-corrected chi connectivity index (χ4v) is 2.94. The normalized spacial score (nSPS) is 21.9. The number of hydrogen-bond donors (Lipinski definition) is 3. The molecule has 1 fully saturated rings. The molecule has 1 aromatic carbocycles. The molecule has 19 heavy (non-hydrogen) atoms. The summed E-state index contributed by atoms with van der Waals surface area (Å²) in [5, 5.41) is 11.9. The Morgan fingerprint density at radius 2 is 2.05 bits per heavy atom. The van der Waals surface area contributed by atoms with Crippen LogP contribution in [0.3, 0.4) is 0 Å². The van der Waals surface area contributed by atoms with Gasteiger partial charge in [0.1, 0.15) is 0 Å². The van der Waals surface area contributed by atoms with Gasteiger partial charge in [0.15, 0.2) is 0 Å². The van der Waals surface area contributed by atoms with Gasteiger partial charge >= 0.3 is 0 Å². The van der Waals surface area contributed by atoms with Crippen molar-refractivity contribution in [1.29, 1.82) is 0 Å². The maximum atomic E-state index is 11.2. The third-order valence-corrected chi connectivity index (χ3v) is 4.55. The minimum atomic E-state index is -3.61. The van der Waals surface area contributed by atoms with Gasteiger partial charge < -0.3 is 10.6 Å². The zero-order valence-corrected chi connectivity index (χ0v) is 11.9. The monoisotopic (exact) mass is 283 g/mol. The largest absolute Gasteiger partial charge is 0.382 e. The van der Waals surface area contributed by atoms with Crippen LogP contribution in [0.1, 0.15) is 19.8 Å². The molecule has 2 atom stereocenters. The summed E-state index contributed by atoms with van der Waals surface area (Å²) in [6.45, 7) is 4.29. The van der Waals surface area contributed by atoms with Gasteiger partial charge in [0.25, 0.3) is 0 Å². The summed E-state index contributed by atoms with van der Waals surface area (Å²) in [4.78, 5) is 0.144. The fourth-order valence-electron chi connectivity index (χ4n) is 2.43. The Morgan fingerprint density at radius 1 is 1.37 bits per heavy atom. The molecule has 1 aliphatic rings. The number of anilines is 1. The van der Waals surface area contributed by atoms with Crippen LogP contribution in [0.25, 0.3) is 0 Å². The molecule has 0 amide bonds. The molecule has 2 rings (SSSR count). The lowest BCUT2D eigenvalue weighted by molar-refractivity contribution is 0.347. The van der Waals surface area contributed by atoms with Crippen molar-refractivity contribution in [3.8, 4) is 0 Å². The summed E-state index contributed by atoms with van der Waals surface area (Å²) in [5.41, 5.74) is 0.922. The molecule has 106 valence electrons. The van der Waals surface area contributed by atoms with Crippen LogP contribution in [-0.4, -0.2) is 27.5 Å². The second-order valence-electron chi connectivity index (χ2n) is 5.11. The first-order valence-corrected chi connectivity index (χ1v) is 8.11. The summed E-state index contributed by atoms with van der Waals surface area (Å²) in [7, 11) is -3.61. The van der Waals surface area contributed by atoms with Gasteiger partial charge in [0.05, 0.1) is 4.90 Å². The molecular formula is C13H21N3O2S. The van der Waals surface area contributed by atoms with Gasteiger partial charge in [-0.3, -0.25) is 0 Å². The molecule has 0 saturated carbocycles. The molecule has 1 aromatic rings. The van der Waals surface area contributed by atoms with Crippen molar-refractivity contribution in [2.75, 3.05) is 18.4 Å². The number of nitrogens with two attached hydrogens (primary N) is 1. The highest BCUT2D eigenvalue weighted by atomic mass is 32.2. The molecule has 0 spiro atoms. The lowest BCUT2D eigenvalue weighted by atomic mass is 9.92. The molecule has 6 heteroatoms. The van der Waals surface area contributed by atoms with E-state index >= 15 is 0 Å². The Balaban J connectivity index is 1.99. The Morgan fingerprint density at radius 3 is 2.58 bits per heavy atom. The van der Waals surface area contributed by atoms with Crippen LogP contribution in [0.5, 0.6) is 0 Å². The highest BCUT2D eigenvalue weighted by Crippen LogP contribution is 2.19. The van der Waals surface area contributed by atoms with Crippen LogP contribution in [0.15, 0.2) is 29.2 Å². The van der Waals surface area contributed by atoms with Gasteiger partial charge in [-0.05, 0) is 63.0 Å². The summed E-state index contributed by atoms with van der Waals surface area (Å²) in [5.74, 6) is 0.603. The van der Waals surface area contributed by atoms with Gasteiger partial charge in [-0.25, -0.2) is 13.6 Å². The minimum absolute atomic E-state index is 0.144. The second-order valence-corrected chi connectivity index (χ2v) is 6.67. The van der Waals surface area contributed by atoms with Crippen LogP contribution < -0.4 is 15.8 Å². The van der Waals surface area contributed by atoms with E-state index in [1.165, 1.54) is 25.0 Å². The fraction of sp³-hybridized carbons (Fsp3) is 0.538. The maximum absolute atomic E-state index is 11.2. The van der Waals surface area contributed by atoms with Crippen molar-refractivity contribution in [2.45, 2.75) is 30.7 Å². The summed E-state index contributed by atoms with van der Waals surface area (Å²) in [6.07, 6.45) is 2.43. The molecule has 4 N–H and O–H groups in total. The summed E-state index contributed by atoms with van der Waals surface area (Å²) < 4.78 is 22.3. The highest BCUT2D eigenvalue weighted by Gasteiger charge is 2.19. The molecule has 5 nitrogen and oxygen atoms in total. The number of sulfonamides is 1. The summed E-state index contributed by atoms with van der Waals surface area (Å²) in [6, 6.07) is 6.93. The van der Waals surface area contributed by atoms with E-state index in [2.05, 4.69) is 17.6 Å². The van der Waals surface area contributed by atoms with E-state index in [0.29, 0.717) is 12.0 Å². The van der Waals surface area contributed by atoms with Gasteiger partial charge in [-0.15, -0.1) is 0 Å². The van der Waals surface area contributed by atoms with Crippen LogP contribution in [0.2, 0.25) is 0 Å². The molecule has 0 aliphatic carbocycles. The number of piperidine rings is 1. The van der Waals surface area contributed by atoms with Crippen molar-refractivity contribution in [3.63, 3.8) is 0 Å². The van der Waals surface area contributed by atoms with Crippen LogP contribution in [-0.2, 0) is 10.0 Å². The molecule has 1 saturated heterocycles. The molecule has 1 heterocycles. The Hall–Kier alpha value is -1.11. The van der Waals surface area contributed by atoms with Crippen molar-refractivity contribution in [3.05, 3.63) is 24.3 Å². The van der Waals surface area contributed by atoms with Gasteiger partial charge in [0.2, 0.25) is 10.0 Å². The van der Waals surface area contributed by atoms with Crippen molar-refractivity contribution >= 4 is 15.7 Å². The van der Waals surface area contributed by atoms with E-state index in [-0.39, 0.29) is 4.90 Å². The minimum Gasteiger partial charge on any atom is -0.382 e. The Labute approximate surface area is 114 Å². The number of nitrogens with one attached hydrogen (secondary N) is 2. The molecular weight excluding hydrogens is 262 g/mol. The SMILES string of the molecule is CC(Nc1ccc(S(N)(=O)=O)cc1)C1CCCNC1. The zero-order chi connectivity index (χ0) is 13.9. The van der Waals surface area contributed by atoms with Crippen LogP contribution in [0.4, 0.5) is 5.69 Å². The van der Waals surface area contributed by atoms with Crippen molar-refractivity contribution < 1.29 is 8.42 Å². The third-order valence-electron chi connectivity index (χ3n) is 3.62. The van der Waals surface area contributed by atoms with E-state index in [4.69, 9.17) is 5.14 Å². The number of rotatable bonds is 4. The number of primary sulfonamides is 1. The van der Waals surface area contributed by atoms with Crippen LogP contribution in [0, 0.1) is 5.92 Å². The van der Waals surface area contributed by atoms with Crippen molar-refractivity contribution in [1.82, 2.24) is 5.32 Å². The average Bonchev–Trinajstić information content (AvgIpc) is 2.39. The van der Waals surface area contributed by atoms with E-state index in [1.807, 2.05) is 0 Å². The lowest BCUT2D eigenvalue weighted by Gasteiger charge is -2.29. The first kappa shape index (κ1) is 14.3. The van der Waals surface area contributed by atoms with Gasteiger partial charge in [-0.2, -0.15) is 0 Å². The quantitative estimate of drug-likeness (QED) is 0.773. The molecule has 2 unspecified atom stereocenters. The predicted octanol–water partition coefficient (Wildman–Crippen LogP) is 1.13. The van der Waals surface area contributed by atoms with Gasteiger partial charge in [-0.1, -0.05) is 0 Å². The Bertz CT molecular complexity index is 507. The molecule has 1 aliphatic heterocycles. The van der Waals surface area contributed by atoms with Crippen LogP contribution >= 0.6 is 0 Å². The number of benzene rings is 1. The maximum Gasteiger partial charge on any atom is 0.238 e. The van der Waals surface area contributed by atoms with E-state index in [9.17, 15) is 8.42 Å². The van der Waals surface area contributed by atoms with E-state index < -0.39 is 10.0 Å². The zero-order valence-electron chi connectivity index (χ0n) is 11.1. The third kappa shape index (κ3) is 3.92. The first-order chi connectivity index (χ1) is 8.97. The van der Waals surface area contributed by atoms with Gasteiger partial charge in [0, 0.05) is 11.7 Å². The number of hydrogen-bond acceptors (Lipinski definition) is 4. The molecule has 0 aromatic heterocycles. The predicted molar refractivity (Wildman–Crippen MR) is 76.5 cm³/mol.